The molecule has 19 heavy (non-hydrogen) atoms. The molecule has 1 aromatic rings. The summed E-state index contributed by atoms with van der Waals surface area (Å²) in [7, 11) is 0. The summed E-state index contributed by atoms with van der Waals surface area (Å²) >= 11 is 0. The SMILES string of the molecule is N#CC(NC(=O)c1cc[nH]c(=O)c1)C1CCCCC1. The molecule has 1 aromatic heterocycles. The van der Waals surface area contributed by atoms with Gasteiger partial charge in [-0.1, -0.05) is 19.3 Å². The lowest BCUT2D eigenvalue weighted by molar-refractivity contribution is 0.0928. The largest absolute Gasteiger partial charge is 0.336 e. The van der Waals surface area contributed by atoms with Crippen LogP contribution in [0.25, 0.3) is 0 Å². The third kappa shape index (κ3) is 3.44. The van der Waals surface area contributed by atoms with Gasteiger partial charge in [0.1, 0.15) is 6.04 Å². The van der Waals surface area contributed by atoms with Gasteiger partial charge in [-0.05, 0) is 24.8 Å². The molecule has 1 heterocycles. The van der Waals surface area contributed by atoms with Crippen LogP contribution in [0.2, 0.25) is 0 Å². The van der Waals surface area contributed by atoms with E-state index in [0.717, 1.165) is 25.7 Å². The normalized spacial score (nSPS) is 17.4. The number of amides is 1. The van der Waals surface area contributed by atoms with Crippen LogP contribution in [0.1, 0.15) is 42.5 Å². The van der Waals surface area contributed by atoms with Gasteiger partial charge in [-0.15, -0.1) is 0 Å². The third-order valence-corrected chi connectivity index (χ3v) is 3.58. The van der Waals surface area contributed by atoms with Crippen LogP contribution in [0.4, 0.5) is 0 Å². The zero-order valence-electron chi connectivity index (χ0n) is 10.7. The standard InChI is InChI=1S/C14H17N3O2/c15-9-12(10-4-2-1-3-5-10)17-14(19)11-6-7-16-13(18)8-11/h6-8,10,12H,1-5H2,(H,16,18)(H,17,19). The number of nitrogens with one attached hydrogen (secondary N) is 2. The topological polar surface area (TPSA) is 85.8 Å². The van der Waals surface area contributed by atoms with E-state index >= 15 is 0 Å². The third-order valence-electron chi connectivity index (χ3n) is 3.58. The predicted molar refractivity (Wildman–Crippen MR) is 70.5 cm³/mol. The van der Waals surface area contributed by atoms with Gasteiger partial charge in [0.05, 0.1) is 6.07 Å². The first-order valence-corrected chi connectivity index (χ1v) is 6.60. The number of rotatable bonds is 3. The van der Waals surface area contributed by atoms with E-state index in [2.05, 4.69) is 16.4 Å². The molecule has 1 saturated carbocycles. The number of hydrogen-bond donors (Lipinski definition) is 2. The summed E-state index contributed by atoms with van der Waals surface area (Å²) in [5.74, 6) is -0.132. The first-order valence-electron chi connectivity index (χ1n) is 6.60. The molecule has 0 saturated heterocycles. The zero-order valence-corrected chi connectivity index (χ0v) is 10.7. The van der Waals surface area contributed by atoms with Crippen molar-refractivity contribution in [2.75, 3.05) is 0 Å². The number of nitriles is 1. The summed E-state index contributed by atoms with van der Waals surface area (Å²) in [4.78, 5) is 25.6. The van der Waals surface area contributed by atoms with E-state index in [1.807, 2.05) is 0 Å². The lowest BCUT2D eigenvalue weighted by Gasteiger charge is -2.26. The fraction of sp³-hybridized carbons (Fsp3) is 0.500. The quantitative estimate of drug-likeness (QED) is 0.864. The van der Waals surface area contributed by atoms with Gasteiger partial charge >= 0.3 is 0 Å². The van der Waals surface area contributed by atoms with Gasteiger partial charge in [-0.25, -0.2) is 0 Å². The molecule has 100 valence electrons. The van der Waals surface area contributed by atoms with E-state index in [0.29, 0.717) is 5.56 Å². The monoisotopic (exact) mass is 259 g/mol. The molecule has 1 amide bonds. The Bertz CT molecular complexity index is 538. The molecule has 1 aliphatic rings. The van der Waals surface area contributed by atoms with Gasteiger partial charge in [0.2, 0.25) is 5.56 Å². The zero-order chi connectivity index (χ0) is 13.7. The Morgan fingerprint density at radius 1 is 1.42 bits per heavy atom. The van der Waals surface area contributed by atoms with Crippen LogP contribution in [-0.4, -0.2) is 16.9 Å². The second kappa shape index (κ2) is 6.19. The lowest BCUT2D eigenvalue weighted by atomic mass is 9.84. The number of aromatic amines is 1. The number of H-pyrrole nitrogens is 1. The highest BCUT2D eigenvalue weighted by Gasteiger charge is 2.25. The van der Waals surface area contributed by atoms with Gasteiger partial charge in [-0.3, -0.25) is 9.59 Å². The summed E-state index contributed by atoms with van der Waals surface area (Å²) in [6, 6.07) is 4.48. The Balaban J connectivity index is 2.04. The summed E-state index contributed by atoms with van der Waals surface area (Å²) in [5.41, 5.74) is -0.0290. The molecular formula is C14H17N3O2. The molecule has 0 spiro atoms. The van der Waals surface area contributed by atoms with Crippen molar-refractivity contribution in [2.45, 2.75) is 38.1 Å². The lowest BCUT2D eigenvalue weighted by Crippen LogP contribution is -2.40. The summed E-state index contributed by atoms with van der Waals surface area (Å²) < 4.78 is 0. The minimum Gasteiger partial charge on any atom is -0.336 e. The molecule has 0 aromatic carbocycles. The Labute approximate surface area is 111 Å². The maximum atomic E-state index is 12.0. The Hall–Kier alpha value is -2.09. The van der Waals surface area contributed by atoms with E-state index in [9.17, 15) is 14.9 Å². The minimum atomic E-state index is -0.466. The van der Waals surface area contributed by atoms with E-state index in [4.69, 9.17) is 0 Å². The number of carbonyl (C=O) groups excluding carboxylic acids is 1. The maximum Gasteiger partial charge on any atom is 0.252 e. The molecular weight excluding hydrogens is 242 g/mol. The first-order chi connectivity index (χ1) is 9.20. The van der Waals surface area contributed by atoms with Crippen LogP contribution >= 0.6 is 0 Å². The van der Waals surface area contributed by atoms with Crippen LogP contribution in [-0.2, 0) is 0 Å². The minimum absolute atomic E-state index is 0.227. The van der Waals surface area contributed by atoms with Crippen molar-refractivity contribution in [2.24, 2.45) is 5.92 Å². The van der Waals surface area contributed by atoms with Crippen LogP contribution in [0.3, 0.4) is 0 Å². The number of nitrogens with zero attached hydrogens (tertiary/aromatic N) is 1. The van der Waals surface area contributed by atoms with Gasteiger partial charge < -0.3 is 10.3 Å². The molecule has 0 bridgehead atoms. The van der Waals surface area contributed by atoms with E-state index < -0.39 is 6.04 Å². The highest BCUT2D eigenvalue weighted by Crippen LogP contribution is 2.26. The molecule has 0 radical (unpaired) electrons. The molecule has 5 heteroatoms. The molecule has 2 rings (SSSR count). The maximum absolute atomic E-state index is 12.0. The average Bonchev–Trinajstić information content (AvgIpc) is 2.45. The molecule has 1 atom stereocenters. The molecule has 1 aliphatic carbocycles. The van der Waals surface area contributed by atoms with Crippen LogP contribution < -0.4 is 10.9 Å². The molecule has 0 aliphatic heterocycles. The van der Waals surface area contributed by atoms with Crippen molar-refractivity contribution in [1.82, 2.24) is 10.3 Å². The number of carbonyl (C=O) groups is 1. The fourth-order valence-electron chi connectivity index (χ4n) is 2.53. The van der Waals surface area contributed by atoms with Crippen molar-refractivity contribution in [3.05, 3.63) is 34.2 Å². The summed E-state index contributed by atoms with van der Waals surface area (Å²) in [5, 5.41) is 11.9. The predicted octanol–water partition coefficient (Wildman–Crippen LogP) is 1.58. The number of hydrogen-bond acceptors (Lipinski definition) is 3. The Morgan fingerprint density at radius 3 is 2.79 bits per heavy atom. The summed E-state index contributed by atoms with van der Waals surface area (Å²) in [6.45, 7) is 0. The van der Waals surface area contributed by atoms with E-state index in [1.54, 1.807) is 0 Å². The second-order valence-electron chi connectivity index (χ2n) is 4.92. The molecule has 2 N–H and O–H groups in total. The fourth-order valence-corrected chi connectivity index (χ4v) is 2.53. The molecule has 1 unspecified atom stereocenters. The van der Waals surface area contributed by atoms with Crippen molar-refractivity contribution < 1.29 is 4.79 Å². The van der Waals surface area contributed by atoms with E-state index in [1.165, 1.54) is 24.8 Å². The van der Waals surface area contributed by atoms with Gasteiger partial charge in [0.15, 0.2) is 0 Å². The first kappa shape index (κ1) is 13.3. The molecule has 5 nitrogen and oxygen atoms in total. The Kier molecular flexibility index (Phi) is 4.35. The van der Waals surface area contributed by atoms with Gasteiger partial charge in [0, 0.05) is 17.8 Å². The molecule has 1 fully saturated rings. The van der Waals surface area contributed by atoms with Crippen molar-refractivity contribution >= 4 is 5.91 Å². The smallest absolute Gasteiger partial charge is 0.252 e. The van der Waals surface area contributed by atoms with E-state index in [-0.39, 0.29) is 17.4 Å². The average molecular weight is 259 g/mol. The number of aromatic nitrogens is 1. The highest BCUT2D eigenvalue weighted by molar-refractivity contribution is 5.94. The summed E-state index contributed by atoms with van der Waals surface area (Å²) in [6.07, 6.45) is 6.82. The van der Waals surface area contributed by atoms with Crippen LogP contribution in [0.15, 0.2) is 23.1 Å². The Morgan fingerprint density at radius 2 is 2.16 bits per heavy atom. The van der Waals surface area contributed by atoms with Gasteiger partial charge in [0.25, 0.3) is 5.91 Å². The van der Waals surface area contributed by atoms with Crippen molar-refractivity contribution in [3.8, 4) is 6.07 Å². The van der Waals surface area contributed by atoms with Crippen molar-refractivity contribution in [3.63, 3.8) is 0 Å². The number of pyridine rings is 1. The van der Waals surface area contributed by atoms with Crippen LogP contribution in [0.5, 0.6) is 0 Å². The second-order valence-corrected chi connectivity index (χ2v) is 4.92. The van der Waals surface area contributed by atoms with Crippen LogP contribution in [0, 0.1) is 17.2 Å². The van der Waals surface area contributed by atoms with Crippen molar-refractivity contribution in [1.29, 1.82) is 5.26 Å². The van der Waals surface area contributed by atoms with Gasteiger partial charge in [-0.2, -0.15) is 5.26 Å². The highest BCUT2D eigenvalue weighted by atomic mass is 16.2.